The standard InChI is InChI=1S/C21H19N3O3/c25-20(16-9-5-2-6-10-16)27-17-11-12-21(14-26-21)19-18(17)22-23-24(19)13-15-7-3-1-4-8-15/h1-10,17H,11-14H2/t17-,21+/m1/s1. The van der Waals surface area contributed by atoms with Crippen LogP contribution >= 0.6 is 0 Å². The van der Waals surface area contributed by atoms with Crippen LogP contribution in [-0.4, -0.2) is 27.6 Å². The Morgan fingerprint density at radius 2 is 1.85 bits per heavy atom. The van der Waals surface area contributed by atoms with Crippen LogP contribution in [0, 0.1) is 0 Å². The Kier molecular flexibility index (Phi) is 3.79. The molecule has 1 saturated heterocycles. The number of aromatic nitrogens is 3. The molecule has 1 fully saturated rings. The van der Waals surface area contributed by atoms with E-state index >= 15 is 0 Å². The van der Waals surface area contributed by atoms with Crippen molar-refractivity contribution in [2.24, 2.45) is 0 Å². The fraction of sp³-hybridized carbons (Fsp3) is 0.286. The van der Waals surface area contributed by atoms with Crippen molar-refractivity contribution in [3.8, 4) is 0 Å². The Balaban J connectivity index is 1.44. The van der Waals surface area contributed by atoms with E-state index < -0.39 is 6.10 Å². The number of carbonyl (C=O) groups is 1. The third-order valence-corrected chi connectivity index (χ3v) is 5.23. The fourth-order valence-electron chi connectivity index (χ4n) is 3.75. The molecular formula is C21H19N3O3. The summed E-state index contributed by atoms with van der Waals surface area (Å²) in [7, 11) is 0. The number of fused-ring (bicyclic) bond motifs is 2. The van der Waals surface area contributed by atoms with Gasteiger partial charge in [0.15, 0.2) is 0 Å². The van der Waals surface area contributed by atoms with Gasteiger partial charge in [0.2, 0.25) is 0 Å². The highest BCUT2D eigenvalue weighted by molar-refractivity contribution is 5.89. The number of rotatable bonds is 4. The first kappa shape index (κ1) is 16.2. The average Bonchev–Trinajstić information content (AvgIpc) is 3.36. The maximum absolute atomic E-state index is 12.5. The fourth-order valence-corrected chi connectivity index (χ4v) is 3.75. The van der Waals surface area contributed by atoms with Crippen molar-refractivity contribution < 1.29 is 14.3 Å². The second-order valence-corrected chi connectivity index (χ2v) is 7.05. The summed E-state index contributed by atoms with van der Waals surface area (Å²) in [6.45, 7) is 1.29. The van der Waals surface area contributed by atoms with Gasteiger partial charge in [0.1, 0.15) is 23.1 Å². The van der Waals surface area contributed by atoms with E-state index in [1.54, 1.807) is 12.1 Å². The lowest BCUT2D eigenvalue weighted by molar-refractivity contribution is 0.0202. The van der Waals surface area contributed by atoms with E-state index in [2.05, 4.69) is 22.4 Å². The molecule has 0 bridgehead atoms. The zero-order valence-electron chi connectivity index (χ0n) is 14.7. The zero-order chi connectivity index (χ0) is 18.3. The quantitative estimate of drug-likeness (QED) is 0.527. The largest absolute Gasteiger partial charge is 0.452 e. The number of nitrogens with zero attached hydrogens (tertiary/aromatic N) is 3. The molecule has 0 amide bonds. The first-order valence-corrected chi connectivity index (χ1v) is 9.13. The van der Waals surface area contributed by atoms with Crippen LogP contribution in [0.3, 0.4) is 0 Å². The summed E-state index contributed by atoms with van der Waals surface area (Å²) in [4.78, 5) is 12.5. The summed E-state index contributed by atoms with van der Waals surface area (Å²) in [5.74, 6) is -0.336. The smallest absolute Gasteiger partial charge is 0.338 e. The van der Waals surface area contributed by atoms with E-state index in [9.17, 15) is 4.79 Å². The SMILES string of the molecule is O=C(O[C@@H]1CC[C@]2(CO2)c2c1nnn2Cc1ccccc1)c1ccccc1. The van der Waals surface area contributed by atoms with Crippen LogP contribution in [0.2, 0.25) is 0 Å². The Morgan fingerprint density at radius 3 is 2.56 bits per heavy atom. The van der Waals surface area contributed by atoms with Crippen LogP contribution in [0.25, 0.3) is 0 Å². The number of carbonyl (C=O) groups excluding carboxylic acids is 1. The summed E-state index contributed by atoms with van der Waals surface area (Å²) in [5.41, 5.74) is 3.04. The van der Waals surface area contributed by atoms with Gasteiger partial charge in [-0.1, -0.05) is 53.7 Å². The molecule has 6 heteroatoms. The lowest BCUT2D eigenvalue weighted by atomic mass is 9.88. The van der Waals surface area contributed by atoms with Crippen LogP contribution in [0.1, 0.15) is 46.3 Å². The van der Waals surface area contributed by atoms with Crippen molar-refractivity contribution in [3.63, 3.8) is 0 Å². The van der Waals surface area contributed by atoms with Crippen LogP contribution in [-0.2, 0) is 21.6 Å². The topological polar surface area (TPSA) is 69.5 Å². The third-order valence-electron chi connectivity index (χ3n) is 5.23. The van der Waals surface area contributed by atoms with Gasteiger partial charge >= 0.3 is 5.97 Å². The molecule has 6 nitrogen and oxygen atoms in total. The predicted molar refractivity (Wildman–Crippen MR) is 97.0 cm³/mol. The lowest BCUT2D eigenvalue weighted by Gasteiger charge is -2.26. The summed E-state index contributed by atoms with van der Waals surface area (Å²) in [6, 6.07) is 19.2. The molecule has 5 rings (SSSR count). The van der Waals surface area contributed by atoms with Gasteiger partial charge in [-0.25, -0.2) is 9.48 Å². The molecule has 1 spiro atoms. The Labute approximate surface area is 156 Å². The third kappa shape index (κ3) is 2.92. The van der Waals surface area contributed by atoms with Crippen molar-refractivity contribution in [1.82, 2.24) is 15.0 Å². The normalized spacial score (nSPS) is 23.0. The van der Waals surface area contributed by atoms with E-state index in [0.29, 0.717) is 25.1 Å². The summed E-state index contributed by atoms with van der Waals surface area (Å²) < 4.78 is 13.5. The minimum absolute atomic E-state index is 0.316. The molecule has 27 heavy (non-hydrogen) atoms. The van der Waals surface area contributed by atoms with Crippen molar-refractivity contribution in [3.05, 3.63) is 83.2 Å². The Bertz CT molecular complexity index is 965. The van der Waals surface area contributed by atoms with Crippen LogP contribution in [0.5, 0.6) is 0 Å². The molecule has 2 heterocycles. The number of esters is 1. The van der Waals surface area contributed by atoms with Crippen LogP contribution in [0.15, 0.2) is 60.7 Å². The molecule has 0 unspecified atom stereocenters. The van der Waals surface area contributed by atoms with Gasteiger partial charge in [0.25, 0.3) is 0 Å². The van der Waals surface area contributed by atoms with E-state index in [0.717, 1.165) is 23.4 Å². The van der Waals surface area contributed by atoms with Gasteiger partial charge in [-0.2, -0.15) is 0 Å². The minimum atomic E-state index is -0.396. The van der Waals surface area contributed by atoms with Crippen molar-refractivity contribution >= 4 is 5.97 Å². The second kappa shape index (κ2) is 6.32. The first-order chi connectivity index (χ1) is 13.3. The first-order valence-electron chi connectivity index (χ1n) is 9.13. The molecule has 2 atom stereocenters. The van der Waals surface area contributed by atoms with Crippen LogP contribution < -0.4 is 0 Å². The van der Waals surface area contributed by atoms with Gasteiger partial charge in [0, 0.05) is 0 Å². The van der Waals surface area contributed by atoms with Gasteiger partial charge in [0.05, 0.1) is 18.7 Å². The van der Waals surface area contributed by atoms with E-state index in [-0.39, 0.29) is 11.6 Å². The molecule has 0 N–H and O–H groups in total. The number of epoxide rings is 1. The molecule has 136 valence electrons. The molecule has 1 aliphatic carbocycles. The zero-order valence-corrected chi connectivity index (χ0v) is 14.7. The maximum atomic E-state index is 12.5. The van der Waals surface area contributed by atoms with Crippen LogP contribution in [0.4, 0.5) is 0 Å². The van der Waals surface area contributed by atoms with Crippen molar-refractivity contribution in [1.29, 1.82) is 0 Å². The molecule has 1 aliphatic heterocycles. The molecule has 1 aromatic heterocycles. The van der Waals surface area contributed by atoms with Crippen molar-refractivity contribution in [2.75, 3.05) is 6.61 Å². The molecule has 0 saturated carbocycles. The molecule has 2 aromatic carbocycles. The van der Waals surface area contributed by atoms with E-state index in [1.807, 2.05) is 41.1 Å². The summed E-state index contributed by atoms with van der Waals surface area (Å²) in [6.07, 6.45) is 1.09. The minimum Gasteiger partial charge on any atom is -0.452 e. The van der Waals surface area contributed by atoms with Gasteiger partial charge in [-0.3, -0.25) is 0 Å². The highest BCUT2D eigenvalue weighted by Crippen LogP contribution is 2.51. The predicted octanol–water partition coefficient (Wildman–Crippen LogP) is 3.24. The highest BCUT2D eigenvalue weighted by Gasteiger charge is 2.55. The number of hydrogen-bond acceptors (Lipinski definition) is 5. The van der Waals surface area contributed by atoms with E-state index in [4.69, 9.17) is 9.47 Å². The summed E-state index contributed by atoms with van der Waals surface area (Å²) in [5, 5.41) is 8.73. The molecule has 0 radical (unpaired) electrons. The van der Waals surface area contributed by atoms with E-state index in [1.165, 1.54) is 0 Å². The second-order valence-electron chi connectivity index (χ2n) is 7.05. The molecule has 3 aromatic rings. The monoisotopic (exact) mass is 361 g/mol. The molecule has 2 aliphatic rings. The Hall–Kier alpha value is -2.99. The van der Waals surface area contributed by atoms with Gasteiger partial charge in [-0.15, -0.1) is 5.10 Å². The maximum Gasteiger partial charge on any atom is 0.338 e. The lowest BCUT2D eigenvalue weighted by Crippen LogP contribution is -2.27. The number of ether oxygens (including phenoxy) is 2. The average molecular weight is 361 g/mol. The van der Waals surface area contributed by atoms with Gasteiger partial charge in [-0.05, 0) is 30.5 Å². The molecular weight excluding hydrogens is 342 g/mol. The Morgan fingerprint density at radius 1 is 1.15 bits per heavy atom. The highest BCUT2D eigenvalue weighted by atomic mass is 16.6. The number of hydrogen-bond donors (Lipinski definition) is 0. The van der Waals surface area contributed by atoms with Gasteiger partial charge < -0.3 is 9.47 Å². The number of benzene rings is 2. The summed E-state index contributed by atoms with van der Waals surface area (Å²) >= 11 is 0. The van der Waals surface area contributed by atoms with Crippen molar-refractivity contribution in [2.45, 2.75) is 31.1 Å².